The third kappa shape index (κ3) is 2.63. The molecule has 0 saturated heterocycles. The molecule has 0 saturated carbocycles. The van der Waals surface area contributed by atoms with Gasteiger partial charge in [0.2, 0.25) is 0 Å². The number of carbonyl (C=O) groups is 1. The van der Waals surface area contributed by atoms with Crippen LogP contribution in [0.3, 0.4) is 0 Å². The van der Waals surface area contributed by atoms with E-state index in [0.717, 1.165) is 4.31 Å². The summed E-state index contributed by atoms with van der Waals surface area (Å²) < 4.78 is 21.5. The van der Waals surface area contributed by atoms with Crippen molar-refractivity contribution in [3.8, 4) is 0 Å². The van der Waals surface area contributed by atoms with Crippen LogP contribution in [0.15, 0.2) is 0 Å². The minimum absolute atomic E-state index is 0.435. The predicted molar refractivity (Wildman–Crippen MR) is 29.2 cm³/mol. The Morgan fingerprint density at radius 3 is 2.20 bits per heavy atom. The first kappa shape index (κ1) is 8.38. The summed E-state index contributed by atoms with van der Waals surface area (Å²) in [6.07, 6.45) is 0. The van der Waals surface area contributed by atoms with E-state index in [9.17, 15) is 13.2 Å². The molecule has 0 heterocycles. The topological polar surface area (TPSA) is 74.7 Å². The summed E-state index contributed by atoms with van der Waals surface area (Å²) in [7, 11) is -1.87. The Kier molecular flexibility index (Phi) is 1.94. The van der Waals surface area contributed by atoms with E-state index < -0.39 is 23.4 Å². The van der Waals surface area contributed by atoms with Gasteiger partial charge in [0, 0.05) is 0 Å². The van der Waals surface area contributed by atoms with E-state index in [-0.39, 0.29) is 0 Å². The van der Waals surface area contributed by atoms with Gasteiger partial charge < -0.3 is 0 Å². The van der Waals surface area contributed by atoms with Crippen molar-refractivity contribution in [3.63, 3.8) is 0 Å². The number of aliphatic carboxylic acids is 1. The summed E-state index contributed by atoms with van der Waals surface area (Å²) in [5, 5.41) is 8.16. The molecule has 0 aromatic carbocycles. The SMILES string of the molecule is CN(CC(=O)O)[S](=O)(=O)[Rf]. The van der Waals surface area contributed by atoms with Gasteiger partial charge in [0.25, 0.3) is 0 Å². The summed E-state index contributed by atoms with van der Waals surface area (Å²) in [5.41, 5.74) is 0. The number of rotatable bonds is 3. The van der Waals surface area contributed by atoms with Crippen molar-refractivity contribution < 1.29 is 18.3 Å². The number of hydrogen-bond acceptors (Lipinski definition) is 3. The van der Waals surface area contributed by atoms with Crippen molar-refractivity contribution in [2.75, 3.05) is 13.6 Å². The molecule has 0 atom stereocenters. The summed E-state index contributed by atoms with van der Waals surface area (Å²) in [6, 6.07) is 0. The molecule has 0 rings (SSSR count). The van der Waals surface area contributed by atoms with Crippen molar-refractivity contribution in [2.24, 2.45) is 0 Å². The van der Waals surface area contributed by atoms with Gasteiger partial charge in [-0.05, 0) is 0 Å². The van der Waals surface area contributed by atoms with E-state index in [1.54, 1.807) is 0 Å². The van der Waals surface area contributed by atoms with Gasteiger partial charge in [-0.3, -0.25) is 0 Å². The quantitative estimate of drug-likeness (QED) is 0.624. The van der Waals surface area contributed by atoms with Crippen LogP contribution in [0.5, 0.6) is 0 Å². The number of nitrogens with zero attached hydrogens (tertiary/aromatic N) is 1. The maximum atomic E-state index is 10.6. The summed E-state index contributed by atoms with van der Waals surface area (Å²) in [6.45, 7) is -0.435. The van der Waals surface area contributed by atoms with Crippen LogP contribution in [0.4, 0.5) is 0 Å². The average molecular weight is 419 g/mol. The predicted octanol–water partition coefficient (Wildman–Crippen LogP) is -1.20. The first-order chi connectivity index (χ1) is 4.34. The second-order valence-electron chi connectivity index (χ2n) is 1.76. The molecule has 0 amide bonds. The average Bonchev–Trinajstić information content (AvgIpc) is 1.60. The van der Waals surface area contributed by atoms with Crippen LogP contribution in [0.25, 0.3) is 0 Å². The van der Waals surface area contributed by atoms with E-state index >= 15 is 0 Å². The molecule has 7 heteroatoms. The number of carboxylic acid groups (broad SMARTS) is 1. The van der Waals surface area contributed by atoms with Gasteiger partial charge in [0.05, 0.1) is 0 Å². The van der Waals surface area contributed by atoms with Crippen molar-refractivity contribution >= 4 is 16.9 Å². The second kappa shape index (κ2) is 2.32. The standard InChI is InChI=1S/C3H6NO4S.Rf/c1-4(9(7)8)2-3(5)6;/h2H2,1H3,(H,5,6);. The van der Waals surface area contributed by atoms with Gasteiger partial charge in [-0.25, -0.2) is 0 Å². The Bertz CT molecular complexity index is 223. The molecule has 0 aliphatic heterocycles. The molecule has 0 aromatic heterocycles. The van der Waals surface area contributed by atoms with Crippen LogP contribution >= 0.6 is 0 Å². The van der Waals surface area contributed by atoms with Gasteiger partial charge in [-0.2, -0.15) is 0 Å². The molecule has 55 valence electrons. The molecular formula is C3H6NO4RfS. The van der Waals surface area contributed by atoms with Crippen molar-refractivity contribution in [1.29, 1.82) is 0 Å². The minimum atomic E-state index is -3.14. The fraction of sp³-hybridized carbons (Fsp3) is 0.667. The van der Waals surface area contributed by atoms with Crippen molar-refractivity contribution in [2.45, 2.75) is 0 Å². The zero-order chi connectivity index (χ0) is 8.36. The van der Waals surface area contributed by atoms with E-state index in [2.05, 4.69) is 0 Å². The molecule has 0 aliphatic carbocycles. The Morgan fingerprint density at radius 2 is 2.10 bits per heavy atom. The van der Waals surface area contributed by atoms with Crippen LogP contribution in [0.1, 0.15) is 0 Å². The summed E-state index contributed by atoms with van der Waals surface area (Å²) >= 11 is 0. The van der Waals surface area contributed by atoms with Crippen LogP contribution in [-0.4, -0.2) is 37.4 Å². The van der Waals surface area contributed by atoms with Crippen LogP contribution in [0.2, 0.25) is 0 Å². The fourth-order valence-electron chi connectivity index (χ4n) is 0.289. The third-order valence-electron chi connectivity index (χ3n) is 0.833. The van der Waals surface area contributed by atoms with Crippen LogP contribution in [-0.2, 0) is 15.7 Å². The molecule has 5 nitrogen and oxygen atoms in total. The first-order valence-electron chi connectivity index (χ1n) is 2.35. The maximum absolute atomic E-state index is 10.6. The Balaban J connectivity index is 4.12. The molecular weight excluding hydrogens is 413 g/mol. The summed E-state index contributed by atoms with van der Waals surface area (Å²) in [4.78, 5) is 9.97. The van der Waals surface area contributed by atoms with E-state index in [1.165, 1.54) is 7.05 Å². The van der Waals surface area contributed by atoms with E-state index in [0.29, 0.717) is 0 Å². The molecule has 10 heavy (non-hydrogen) atoms. The Labute approximate surface area is 54.0 Å². The monoisotopic (exact) mass is 419 g/mol. The molecule has 0 bridgehead atoms. The zero-order valence-corrected chi connectivity index (χ0v) is 12.7. The molecule has 0 fully saturated rings. The van der Waals surface area contributed by atoms with E-state index in [1.807, 2.05) is 0 Å². The fourth-order valence-corrected chi connectivity index (χ4v) is 1.84. The Hall–Kier alpha value is -1.62. The normalized spacial score (nSPS) is 12.0. The molecule has 1 N–H and O–H groups in total. The number of carboxylic acids is 1. The molecule has 0 spiro atoms. The third-order valence-corrected chi connectivity index (χ3v) is 7.90. The number of hydrogen-bond donors (Lipinski definition) is 1. The molecule has 0 aliphatic rings. The van der Waals surface area contributed by atoms with Crippen LogP contribution in [0, 0.1) is 0 Å². The zero-order valence-electron chi connectivity index (χ0n) is 5.44. The van der Waals surface area contributed by atoms with Gasteiger partial charge >= 0.3 is 53.1 Å². The first-order valence-corrected chi connectivity index (χ1v) is 11.8. The van der Waals surface area contributed by atoms with Gasteiger partial charge in [0.1, 0.15) is 0 Å². The molecule has 0 aromatic rings. The van der Waals surface area contributed by atoms with Gasteiger partial charge in [-0.1, -0.05) is 0 Å². The number of likely N-dealkylation sites (N-methyl/N-ethyl adjacent to an activating group) is 1. The molecule has 0 radical (unpaired) electrons. The second-order valence-corrected chi connectivity index (χ2v) is 13.5. The Morgan fingerprint density at radius 1 is 1.70 bits per heavy atom. The van der Waals surface area contributed by atoms with Gasteiger partial charge in [-0.15, -0.1) is 0 Å². The van der Waals surface area contributed by atoms with Crippen molar-refractivity contribution in [1.82, 2.24) is 4.31 Å². The molecule has 0 unspecified atom stereocenters. The van der Waals surface area contributed by atoms with E-state index in [4.69, 9.17) is 5.11 Å². The van der Waals surface area contributed by atoms with Crippen molar-refractivity contribution in [3.05, 3.63) is 0 Å². The van der Waals surface area contributed by atoms with Crippen LogP contribution < -0.4 is 0 Å². The van der Waals surface area contributed by atoms with Gasteiger partial charge in [0.15, 0.2) is 0 Å². The summed E-state index contributed by atoms with van der Waals surface area (Å²) in [5.74, 6) is -1.13.